The van der Waals surface area contributed by atoms with E-state index < -0.39 is 38.5 Å². The highest BCUT2D eigenvalue weighted by Crippen LogP contribution is 2.26. The van der Waals surface area contributed by atoms with Crippen molar-refractivity contribution in [3.8, 4) is 0 Å². The summed E-state index contributed by atoms with van der Waals surface area (Å²) in [4.78, 5) is 83.4. The molecule has 0 saturated heterocycles. The summed E-state index contributed by atoms with van der Waals surface area (Å²) in [5.41, 5.74) is -2.70. The number of benzene rings is 3. The van der Waals surface area contributed by atoms with Gasteiger partial charge in [-0.1, -0.05) is 72.8 Å². The molecule has 0 unspecified atom stereocenters. The van der Waals surface area contributed by atoms with Gasteiger partial charge in [-0.05, 0) is 6.07 Å². The molecule has 3 aromatic rings. The van der Waals surface area contributed by atoms with Crippen LogP contribution in [0.15, 0.2) is 98.0 Å². The van der Waals surface area contributed by atoms with Crippen LogP contribution in [0.4, 0.5) is 0 Å². The van der Waals surface area contributed by atoms with Crippen molar-refractivity contribution in [1.82, 2.24) is 0 Å². The van der Waals surface area contributed by atoms with Crippen LogP contribution in [-0.2, 0) is 0 Å². The molecule has 0 atom stereocenters. The molecule has 0 heterocycles. The molecule has 8 heteroatoms. The molecule has 0 amide bonds. The van der Waals surface area contributed by atoms with Crippen molar-refractivity contribution in [3.05, 3.63) is 158 Å². The second kappa shape index (κ2) is 8.69. The number of carbonyl (C=O) groups is 3. The van der Waals surface area contributed by atoms with Crippen molar-refractivity contribution in [2.24, 2.45) is 0 Å². The van der Waals surface area contributed by atoms with Gasteiger partial charge in [0.2, 0.25) is 10.9 Å². The summed E-state index contributed by atoms with van der Waals surface area (Å²) in [5, 5.41) is 8.15. The van der Waals surface area contributed by atoms with Crippen LogP contribution in [0.1, 0.15) is 42.2 Å². The molecule has 3 aromatic carbocycles. The number of hydrogen-bond donors (Lipinski definition) is 1. The van der Waals surface area contributed by atoms with E-state index >= 15 is 0 Å². The van der Waals surface area contributed by atoms with Crippen LogP contribution in [0.25, 0.3) is 10.8 Å². The van der Waals surface area contributed by atoms with Gasteiger partial charge in [0.05, 0.1) is 5.22 Å². The van der Waals surface area contributed by atoms with Gasteiger partial charge in [-0.2, -0.15) is 0 Å². The summed E-state index contributed by atoms with van der Waals surface area (Å²) in [5.74, 6) is -1.74. The molecule has 0 aliphatic heterocycles. The molecular formula is C29H14O8. The van der Waals surface area contributed by atoms with Crippen LogP contribution in [-0.4, -0.2) is 22.6 Å². The Bertz CT molecular complexity index is 1980. The fourth-order valence-corrected chi connectivity index (χ4v) is 4.41. The van der Waals surface area contributed by atoms with E-state index in [0.717, 1.165) is 6.07 Å². The normalized spacial score (nSPS) is 12.0. The Morgan fingerprint density at radius 3 is 1.35 bits per heavy atom. The van der Waals surface area contributed by atoms with Gasteiger partial charge in [-0.25, -0.2) is 4.79 Å². The summed E-state index contributed by atoms with van der Waals surface area (Å²) in [6, 6.07) is 20.6. The Morgan fingerprint density at radius 2 is 0.919 bits per heavy atom. The number of aromatic carboxylic acids is 1. The van der Waals surface area contributed by atoms with E-state index in [1.807, 2.05) is 0 Å². The molecule has 0 bridgehead atoms. The molecule has 6 rings (SSSR count). The van der Waals surface area contributed by atoms with Gasteiger partial charge < -0.3 is 5.11 Å². The first-order valence-electron chi connectivity index (χ1n) is 11.0. The van der Waals surface area contributed by atoms with E-state index in [-0.39, 0.29) is 27.6 Å². The minimum Gasteiger partial charge on any atom is -0.478 e. The molecule has 178 valence electrons. The molecule has 0 spiro atoms. The van der Waals surface area contributed by atoms with Crippen molar-refractivity contribution in [2.75, 3.05) is 0 Å². The van der Waals surface area contributed by atoms with Gasteiger partial charge in [0.25, 0.3) is 0 Å². The number of fused-ring (bicyclic) bond motifs is 3. The zero-order valence-corrected chi connectivity index (χ0v) is 18.8. The zero-order chi connectivity index (χ0) is 26.4. The minimum atomic E-state index is -1.61. The van der Waals surface area contributed by atoms with Crippen molar-refractivity contribution in [3.63, 3.8) is 0 Å². The van der Waals surface area contributed by atoms with E-state index in [0.29, 0.717) is 22.3 Å². The second-order valence-electron chi connectivity index (χ2n) is 8.26. The lowest BCUT2D eigenvalue weighted by molar-refractivity contribution is 0.0695. The minimum absolute atomic E-state index is 0.0366. The summed E-state index contributed by atoms with van der Waals surface area (Å²) in [6.07, 6.45) is 0. The number of carboxylic acids is 1. The van der Waals surface area contributed by atoms with Gasteiger partial charge in [0, 0.05) is 38.2 Å². The quantitative estimate of drug-likeness (QED) is 0.346. The summed E-state index contributed by atoms with van der Waals surface area (Å²) >= 11 is 0. The van der Waals surface area contributed by atoms with E-state index in [1.54, 1.807) is 54.6 Å². The monoisotopic (exact) mass is 490 g/mol. The lowest BCUT2D eigenvalue weighted by atomic mass is 9.84. The van der Waals surface area contributed by atoms with Crippen LogP contribution in [0.5, 0.6) is 0 Å². The van der Waals surface area contributed by atoms with Crippen molar-refractivity contribution >= 4 is 28.3 Å². The maximum atomic E-state index is 12.3. The topological polar surface area (TPSA) is 140 Å². The first kappa shape index (κ1) is 23.4. The van der Waals surface area contributed by atoms with E-state index in [1.165, 1.54) is 18.2 Å². The first-order valence-corrected chi connectivity index (χ1v) is 11.0. The maximum Gasteiger partial charge on any atom is 0.339 e. The van der Waals surface area contributed by atoms with Crippen molar-refractivity contribution in [2.45, 2.75) is 0 Å². The van der Waals surface area contributed by atoms with Crippen LogP contribution < -0.4 is 21.7 Å². The average Bonchev–Trinajstić information content (AvgIpc) is 2.92. The molecule has 0 saturated carbocycles. The average molecular weight is 490 g/mol. The molecule has 37 heavy (non-hydrogen) atoms. The molecule has 0 fully saturated rings. The molecule has 0 aromatic heterocycles. The van der Waals surface area contributed by atoms with Gasteiger partial charge in [0.15, 0.2) is 22.4 Å². The Balaban J connectivity index is 0.000000157. The van der Waals surface area contributed by atoms with Crippen LogP contribution in [0.3, 0.4) is 0 Å². The Hall–Kier alpha value is -5.37. The van der Waals surface area contributed by atoms with Gasteiger partial charge >= 0.3 is 5.97 Å². The summed E-state index contributed by atoms with van der Waals surface area (Å²) in [7, 11) is 0. The fraction of sp³-hybridized carbons (Fsp3) is 0. The van der Waals surface area contributed by atoms with Gasteiger partial charge in [-0.3, -0.25) is 28.8 Å². The maximum absolute atomic E-state index is 12.3. The highest BCUT2D eigenvalue weighted by molar-refractivity contribution is 6.28. The summed E-state index contributed by atoms with van der Waals surface area (Å²) in [6.45, 7) is 0. The molecule has 0 radical (unpaired) electrons. The lowest BCUT2D eigenvalue weighted by Crippen LogP contribution is -2.35. The Morgan fingerprint density at radius 1 is 0.514 bits per heavy atom. The van der Waals surface area contributed by atoms with E-state index in [4.69, 9.17) is 5.11 Å². The van der Waals surface area contributed by atoms with Gasteiger partial charge in [-0.15, -0.1) is 0 Å². The molecule has 1 N–H and O–H groups in total. The van der Waals surface area contributed by atoms with E-state index in [9.17, 15) is 33.6 Å². The van der Waals surface area contributed by atoms with Crippen LogP contribution in [0, 0.1) is 10.4 Å². The van der Waals surface area contributed by atoms with E-state index in [2.05, 4.69) is 0 Å². The first-order chi connectivity index (χ1) is 17.7. The van der Waals surface area contributed by atoms with Gasteiger partial charge in [0.1, 0.15) is 5.56 Å². The number of rotatable bonds is 1. The third-order valence-corrected chi connectivity index (χ3v) is 6.19. The highest BCUT2D eigenvalue weighted by Gasteiger charge is 2.28. The Labute approximate surface area is 206 Å². The molecule has 8 nitrogen and oxygen atoms in total. The zero-order valence-electron chi connectivity index (χ0n) is 18.8. The number of carbonyl (C=O) groups excluding carboxylic acids is 2. The third-order valence-electron chi connectivity index (χ3n) is 6.19. The standard InChI is InChI=1S/C15H6O6.C14H8O2/c16-11-6-3-1-2-4-7(6)12(17)10-8(11)5-9(15(20)21)13(18)14(10)19;15-13-9-5-1-2-6-10(9)14(16)12-8-4-3-7-11(12)13/h1-5H,(H,20,21);1-8H. The predicted molar refractivity (Wildman–Crippen MR) is 133 cm³/mol. The van der Waals surface area contributed by atoms with Crippen molar-refractivity contribution < 1.29 is 19.5 Å². The SMILES string of the molecule is O=C(O)c1cc2c(=O)c3ccccc3c(=O)c=2c(=O)c1=O.O=C1c2ccccc2C(=O)c2ccccc21. The molecular weight excluding hydrogens is 476 g/mol. The smallest absolute Gasteiger partial charge is 0.339 e. The molecule has 3 aliphatic rings. The van der Waals surface area contributed by atoms with Crippen LogP contribution in [0.2, 0.25) is 0 Å². The van der Waals surface area contributed by atoms with Crippen molar-refractivity contribution in [1.29, 1.82) is 0 Å². The predicted octanol–water partition coefficient (Wildman–Crippen LogP) is 2.04. The lowest BCUT2D eigenvalue weighted by Gasteiger charge is -2.16. The van der Waals surface area contributed by atoms with Crippen LogP contribution >= 0.6 is 0 Å². The molecule has 3 aliphatic carbocycles. The largest absolute Gasteiger partial charge is 0.478 e. The second-order valence-corrected chi connectivity index (χ2v) is 8.26. The highest BCUT2D eigenvalue weighted by atomic mass is 16.4. The third kappa shape index (κ3) is 3.59. The summed E-state index contributed by atoms with van der Waals surface area (Å²) < 4.78 is 0. The fourth-order valence-electron chi connectivity index (χ4n) is 4.41. The number of carboxylic acid groups (broad SMARTS) is 1. The number of hydrogen-bond acceptors (Lipinski definition) is 7. The Kier molecular flexibility index (Phi) is 5.49. The number of ketones is 2.